The van der Waals surface area contributed by atoms with Gasteiger partial charge in [0.15, 0.2) is 0 Å². The normalized spacial score (nSPS) is 18.3. The molecule has 1 N–H and O–H groups in total. The Labute approximate surface area is 81.3 Å². The first-order chi connectivity index (χ1) is 6.24. The second-order valence-electron chi connectivity index (χ2n) is 3.24. The Balaban J connectivity index is 2.09. The number of ether oxygens (including phenoxy) is 1. The molecule has 0 bridgehead atoms. The molecular weight excluding hydrogens is 190 g/mol. The summed E-state index contributed by atoms with van der Waals surface area (Å²) in [6, 6.07) is 5.20. The molecule has 0 amide bonds. The lowest BCUT2D eigenvalue weighted by molar-refractivity contribution is 0.0910. The molecule has 1 aliphatic rings. The van der Waals surface area contributed by atoms with E-state index in [9.17, 15) is 0 Å². The minimum atomic E-state index is -0.377. The molecular formula is C9H10ClNO2. The van der Waals surface area contributed by atoms with E-state index in [1.54, 1.807) is 18.2 Å². The summed E-state index contributed by atoms with van der Waals surface area (Å²) < 4.78 is 5.50. The van der Waals surface area contributed by atoms with E-state index in [2.05, 4.69) is 4.98 Å². The predicted molar refractivity (Wildman–Crippen MR) is 48.9 cm³/mol. The summed E-state index contributed by atoms with van der Waals surface area (Å²) >= 11 is 5.68. The molecule has 2 rings (SSSR count). The molecule has 1 aromatic heterocycles. The molecule has 0 spiro atoms. The standard InChI is InChI=1S/C9H10ClNO2/c10-7-2-1-3-8(11-7)13-9(6-12)4-5-9/h1-3,12H,4-6H2. The Kier molecular flexibility index (Phi) is 2.14. The number of aromatic nitrogens is 1. The molecule has 1 fully saturated rings. The third-order valence-electron chi connectivity index (χ3n) is 2.11. The largest absolute Gasteiger partial charge is 0.469 e. The molecule has 0 atom stereocenters. The first-order valence-electron chi connectivity index (χ1n) is 4.17. The van der Waals surface area contributed by atoms with Crippen molar-refractivity contribution in [2.45, 2.75) is 18.4 Å². The minimum absolute atomic E-state index is 0.0429. The highest BCUT2D eigenvalue weighted by atomic mass is 35.5. The van der Waals surface area contributed by atoms with Crippen molar-refractivity contribution in [1.82, 2.24) is 4.98 Å². The van der Waals surface area contributed by atoms with Crippen molar-refractivity contribution in [3.63, 3.8) is 0 Å². The van der Waals surface area contributed by atoms with Crippen molar-refractivity contribution in [1.29, 1.82) is 0 Å². The summed E-state index contributed by atoms with van der Waals surface area (Å²) in [5.41, 5.74) is -0.377. The van der Waals surface area contributed by atoms with Crippen LogP contribution in [-0.2, 0) is 0 Å². The number of pyridine rings is 1. The Morgan fingerprint density at radius 3 is 2.85 bits per heavy atom. The number of halogens is 1. The second-order valence-corrected chi connectivity index (χ2v) is 3.63. The van der Waals surface area contributed by atoms with Crippen LogP contribution in [0.1, 0.15) is 12.8 Å². The van der Waals surface area contributed by atoms with Crippen LogP contribution in [0.4, 0.5) is 0 Å². The van der Waals surface area contributed by atoms with Crippen LogP contribution in [0.15, 0.2) is 18.2 Å². The molecule has 0 aliphatic heterocycles. The van der Waals surface area contributed by atoms with Gasteiger partial charge in [-0.3, -0.25) is 0 Å². The summed E-state index contributed by atoms with van der Waals surface area (Å²) in [7, 11) is 0. The molecule has 1 aromatic rings. The summed E-state index contributed by atoms with van der Waals surface area (Å²) in [5, 5.41) is 9.41. The van der Waals surface area contributed by atoms with Crippen LogP contribution in [0.3, 0.4) is 0 Å². The van der Waals surface area contributed by atoms with Crippen LogP contribution in [0.25, 0.3) is 0 Å². The van der Waals surface area contributed by atoms with Gasteiger partial charge >= 0.3 is 0 Å². The summed E-state index contributed by atoms with van der Waals surface area (Å²) in [4.78, 5) is 3.98. The maximum absolute atomic E-state index is 9.00. The predicted octanol–water partition coefficient (Wildman–Crippen LogP) is 1.64. The average molecular weight is 200 g/mol. The molecule has 3 nitrogen and oxygen atoms in total. The highest BCUT2D eigenvalue weighted by molar-refractivity contribution is 6.29. The van der Waals surface area contributed by atoms with Crippen molar-refractivity contribution in [2.24, 2.45) is 0 Å². The summed E-state index contributed by atoms with van der Waals surface area (Å²) in [5.74, 6) is 0.485. The van der Waals surface area contributed by atoms with Crippen LogP contribution < -0.4 is 4.74 Å². The van der Waals surface area contributed by atoms with Crippen molar-refractivity contribution in [3.05, 3.63) is 23.4 Å². The lowest BCUT2D eigenvalue weighted by Crippen LogP contribution is -2.23. The maximum atomic E-state index is 9.00. The third-order valence-corrected chi connectivity index (χ3v) is 2.32. The molecule has 13 heavy (non-hydrogen) atoms. The Morgan fingerprint density at radius 2 is 2.31 bits per heavy atom. The van der Waals surface area contributed by atoms with Crippen molar-refractivity contribution in [2.75, 3.05) is 6.61 Å². The van der Waals surface area contributed by atoms with Crippen LogP contribution >= 0.6 is 11.6 Å². The number of aliphatic hydroxyl groups is 1. The highest BCUT2D eigenvalue weighted by Crippen LogP contribution is 2.39. The summed E-state index contributed by atoms with van der Waals surface area (Å²) in [6.45, 7) is 0.0429. The zero-order chi connectivity index (χ0) is 9.31. The van der Waals surface area contributed by atoms with E-state index in [0.29, 0.717) is 11.0 Å². The topological polar surface area (TPSA) is 42.4 Å². The molecule has 0 aromatic carbocycles. The van der Waals surface area contributed by atoms with Gasteiger partial charge in [0.05, 0.1) is 6.61 Å². The number of nitrogens with zero attached hydrogens (tertiary/aromatic N) is 1. The lowest BCUT2D eigenvalue weighted by atomic mass is 10.4. The van der Waals surface area contributed by atoms with E-state index < -0.39 is 0 Å². The van der Waals surface area contributed by atoms with Gasteiger partial charge in [0.25, 0.3) is 0 Å². The van der Waals surface area contributed by atoms with Gasteiger partial charge in [0.1, 0.15) is 10.8 Å². The smallest absolute Gasteiger partial charge is 0.215 e. The Hall–Kier alpha value is -0.800. The van der Waals surface area contributed by atoms with Gasteiger partial charge in [-0.25, -0.2) is 4.98 Å². The monoisotopic (exact) mass is 199 g/mol. The van der Waals surface area contributed by atoms with E-state index in [4.69, 9.17) is 21.4 Å². The van der Waals surface area contributed by atoms with E-state index in [-0.39, 0.29) is 12.2 Å². The Bertz CT molecular complexity index is 312. The number of aliphatic hydroxyl groups excluding tert-OH is 1. The average Bonchev–Trinajstić information content (AvgIpc) is 2.86. The number of hydrogen-bond donors (Lipinski definition) is 1. The molecule has 0 saturated heterocycles. The lowest BCUT2D eigenvalue weighted by Gasteiger charge is -2.13. The van der Waals surface area contributed by atoms with Crippen molar-refractivity contribution in [3.8, 4) is 5.88 Å². The Morgan fingerprint density at radius 1 is 1.54 bits per heavy atom. The molecule has 1 saturated carbocycles. The fourth-order valence-corrected chi connectivity index (χ4v) is 1.26. The van der Waals surface area contributed by atoms with Crippen molar-refractivity contribution >= 4 is 11.6 Å². The number of hydrogen-bond acceptors (Lipinski definition) is 3. The molecule has 1 aliphatic carbocycles. The maximum Gasteiger partial charge on any atom is 0.215 e. The van der Waals surface area contributed by atoms with Gasteiger partial charge in [-0.2, -0.15) is 0 Å². The van der Waals surface area contributed by atoms with Gasteiger partial charge in [0.2, 0.25) is 5.88 Å². The van der Waals surface area contributed by atoms with Crippen LogP contribution in [-0.4, -0.2) is 22.3 Å². The van der Waals surface area contributed by atoms with Crippen LogP contribution in [0, 0.1) is 0 Å². The molecule has 0 unspecified atom stereocenters. The number of rotatable bonds is 3. The molecule has 0 radical (unpaired) electrons. The van der Waals surface area contributed by atoms with E-state index in [1.807, 2.05) is 0 Å². The molecule has 70 valence electrons. The molecule has 1 heterocycles. The van der Waals surface area contributed by atoms with Gasteiger partial charge in [0, 0.05) is 6.07 Å². The minimum Gasteiger partial charge on any atom is -0.469 e. The van der Waals surface area contributed by atoms with Crippen LogP contribution in [0.5, 0.6) is 5.88 Å². The van der Waals surface area contributed by atoms with Crippen LogP contribution in [0.2, 0.25) is 5.15 Å². The van der Waals surface area contributed by atoms with E-state index >= 15 is 0 Å². The first kappa shape index (κ1) is 8.78. The SMILES string of the molecule is OCC1(Oc2cccc(Cl)n2)CC1. The quantitative estimate of drug-likeness (QED) is 0.753. The van der Waals surface area contributed by atoms with Crippen molar-refractivity contribution < 1.29 is 9.84 Å². The van der Waals surface area contributed by atoms with Gasteiger partial charge in [-0.05, 0) is 18.9 Å². The van der Waals surface area contributed by atoms with Gasteiger partial charge < -0.3 is 9.84 Å². The highest BCUT2D eigenvalue weighted by Gasteiger charge is 2.45. The van der Waals surface area contributed by atoms with Gasteiger partial charge in [-0.1, -0.05) is 17.7 Å². The zero-order valence-corrected chi connectivity index (χ0v) is 7.79. The van der Waals surface area contributed by atoms with E-state index in [0.717, 1.165) is 12.8 Å². The zero-order valence-electron chi connectivity index (χ0n) is 7.03. The first-order valence-corrected chi connectivity index (χ1v) is 4.54. The second kappa shape index (κ2) is 3.16. The fourth-order valence-electron chi connectivity index (χ4n) is 1.10. The van der Waals surface area contributed by atoms with E-state index in [1.165, 1.54) is 0 Å². The fraction of sp³-hybridized carbons (Fsp3) is 0.444. The van der Waals surface area contributed by atoms with Gasteiger partial charge in [-0.15, -0.1) is 0 Å². The summed E-state index contributed by atoms with van der Waals surface area (Å²) in [6.07, 6.45) is 1.77. The molecule has 4 heteroatoms. The third kappa shape index (κ3) is 1.92.